The number of hydrogen-bond donors (Lipinski definition) is 2. The van der Waals surface area contributed by atoms with Gasteiger partial charge in [0.1, 0.15) is 5.75 Å². The highest BCUT2D eigenvalue weighted by molar-refractivity contribution is 6.37. The van der Waals surface area contributed by atoms with Crippen molar-refractivity contribution >= 4 is 45.9 Å². The predicted molar refractivity (Wildman–Crippen MR) is 112 cm³/mol. The van der Waals surface area contributed by atoms with E-state index in [9.17, 15) is 14.7 Å². The molecule has 3 rings (SSSR count). The van der Waals surface area contributed by atoms with E-state index in [0.29, 0.717) is 32.7 Å². The third-order valence-electron chi connectivity index (χ3n) is 4.50. The number of carbonyl (C=O) groups is 2. The van der Waals surface area contributed by atoms with Crippen LogP contribution in [-0.4, -0.2) is 27.5 Å². The Morgan fingerprint density at radius 2 is 1.75 bits per heavy atom. The maximum absolute atomic E-state index is 13.2. The van der Waals surface area contributed by atoms with Crippen molar-refractivity contribution in [2.75, 3.05) is 0 Å². The number of carbonyl (C=O) groups excluding carboxylic acids is 2. The van der Waals surface area contributed by atoms with E-state index >= 15 is 0 Å². The van der Waals surface area contributed by atoms with Gasteiger partial charge in [0, 0.05) is 27.7 Å². The highest BCUT2D eigenvalue weighted by Gasteiger charge is 2.24. The number of phenols is 1. The second kappa shape index (κ2) is 7.86. The molecule has 5 nitrogen and oxygen atoms in total. The molecule has 0 aliphatic heterocycles. The van der Waals surface area contributed by atoms with E-state index in [1.165, 1.54) is 10.6 Å². The van der Waals surface area contributed by atoms with E-state index in [2.05, 4.69) is 5.32 Å². The first-order valence-electron chi connectivity index (χ1n) is 8.81. The lowest BCUT2D eigenvalue weighted by atomic mass is 10.1. The molecule has 0 fully saturated rings. The minimum Gasteiger partial charge on any atom is -0.506 e. The summed E-state index contributed by atoms with van der Waals surface area (Å²) in [5.74, 6) is -0.553. The summed E-state index contributed by atoms with van der Waals surface area (Å²) < 4.78 is 1.52. The number of halogens is 2. The summed E-state index contributed by atoms with van der Waals surface area (Å²) >= 11 is 12.3. The van der Waals surface area contributed by atoms with E-state index in [1.54, 1.807) is 37.3 Å². The van der Waals surface area contributed by atoms with Gasteiger partial charge < -0.3 is 10.4 Å². The highest BCUT2D eigenvalue weighted by atomic mass is 35.5. The Kier molecular flexibility index (Phi) is 5.68. The fourth-order valence-electron chi connectivity index (χ4n) is 3.26. The van der Waals surface area contributed by atoms with Crippen molar-refractivity contribution in [1.29, 1.82) is 0 Å². The molecule has 1 heterocycles. The third kappa shape index (κ3) is 3.73. The Hall–Kier alpha value is -2.50. The quantitative estimate of drug-likeness (QED) is 0.643. The first kappa shape index (κ1) is 20.2. The first-order valence-corrected chi connectivity index (χ1v) is 9.57. The van der Waals surface area contributed by atoms with Gasteiger partial charge in [0.05, 0.1) is 17.0 Å². The SMILES string of the molecule is Cc1c(CC(=O)NC(C)C)c2c(Cl)c(O)ccc2n1C(=O)c1ccc(Cl)cc1. The predicted octanol–water partition coefficient (Wildman–Crippen LogP) is 4.72. The molecule has 0 aliphatic rings. The number of rotatable bonds is 4. The van der Waals surface area contributed by atoms with Gasteiger partial charge in [0.15, 0.2) is 0 Å². The molecule has 0 radical (unpaired) electrons. The van der Waals surface area contributed by atoms with Gasteiger partial charge in [-0.2, -0.15) is 0 Å². The summed E-state index contributed by atoms with van der Waals surface area (Å²) in [6.45, 7) is 5.51. The molecular weight excluding hydrogens is 399 g/mol. The Morgan fingerprint density at radius 1 is 1.11 bits per heavy atom. The van der Waals surface area contributed by atoms with Crippen molar-refractivity contribution in [3.05, 3.63) is 63.3 Å². The molecule has 2 aromatic carbocycles. The summed E-state index contributed by atoms with van der Waals surface area (Å²) in [4.78, 5) is 25.6. The van der Waals surface area contributed by atoms with Gasteiger partial charge >= 0.3 is 0 Å². The lowest BCUT2D eigenvalue weighted by molar-refractivity contribution is -0.120. The zero-order valence-electron chi connectivity index (χ0n) is 15.7. The molecular formula is C21H20Cl2N2O3. The zero-order valence-corrected chi connectivity index (χ0v) is 17.2. The first-order chi connectivity index (χ1) is 13.2. The molecule has 1 amide bonds. The smallest absolute Gasteiger partial charge is 0.262 e. The molecule has 2 N–H and O–H groups in total. The van der Waals surface area contributed by atoms with Crippen molar-refractivity contribution in [3.8, 4) is 5.75 Å². The van der Waals surface area contributed by atoms with Gasteiger partial charge in [-0.1, -0.05) is 23.2 Å². The molecule has 3 aromatic rings. The normalized spacial score (nSPS) is 11.2. The molecule has 146 valence electrons. The van der Waals surface area contributed by atoms with Crippen LogP contribution in [0, 0.1) is 6.92 Å². The summed E-state index contributed by atoms with van der Waals surface area (Å²) in [5.41, 5.74) is 2.19. The topological polar surface area (TPSA) is 71.3 Å². The third-order valence-corrected chi connectivity index (χ3v) is 5.13. The molecule has 0 bridgehead atoms. The van der Waals surface area contributed by atoms with Crippen molar-refractivity contribution in [2.24, 2.45) is 0 Å². The fraction of sp³-hybridized carbons (Fsp3) is 0.238. The number of aromatic hydroxyl groups is 1. The summed E-state index contributed by atoms with van der Waals surface area (Å²) in [6, 6.07) is 9.62. The summed E-state index contributed by atoms with van der Waals surface area (Å²) in [7, 11) is 0. The van der Waals surface area contributed by atoms with Gasteiger partial charge in [-0.05, 0) is 62.7 Å². The Balaban J connectivity index is 2.19. The molecule has 1 aromatic heterocycles. The maximum Gasteiger partial charge on any atom is 0.262 e. The van der Waals surface area contributed by atoms with Crippen LogP contribution in [0.4, 0.5) is 0 Å². The molecule has 0 saturated carbocycles. The summed E-state index contributed by atoms with van der Waals surface area (Å²) in [6.07, 6.45) is 0.0462. The molecule has 0 spiro atoms. The average molecular weight is 419 g/mol. The zero-order chi connectivity index (χ0) is 20.6. The van der Waals surface area contributed by atoms with Crippen LogP contribution in [0.25, 0.3) is 10.9 Å². The average Bonchev–Trinajstić information content (AvgIpc) is 2.90. The van der Waals surface area contributed by atoms with Crippen LogP contribution in [0.5, 0.6) is 5.75 Å². The number of amides is 1. The van der Waals surface area contributed by atoms with Crippen molar-refractivity contribution in [3.63, 3.8) is 0 Å². The van der Waals surface area contributed by atoms with E-state index in [1.807, 2.05) is 13.8 Å². The van der Waals surface area contributed by atoms with Crippen LogP contribution in [0.15, 0.2) is 36.4 Å². The number of phenolic OH excluding ortho intramolecular Hbond substituents is 1. The second-order valence-corrected chi connectivity index (χ2v) is 7.72. The van der Waals surface area contributed by atoms with Gasteiger partial charge in [-0.25, -0.2) is 0 Å². The van der Waals surface area contributed by atoms with Crippen LogP contribution in [-0.2, 0) is 11.2 Å². The van der Waals surface area contributed by atoms with Gasteiger partial charge in [0.25, 0.3) is 5.91 Å². The van der Waals surface area contributed by atoms with E-state index in [-0.39, 0.29) is 35.0 Å². The standard InChI is InChI=1S/C21H20Cl2N2O3/c1-11(2)24-18(27)10-15-12(3)25(16-8-9-17(26)20(23)19(15)16)21(28)13-4-6-14(22)7-5-13/h4-9,11,26H,10H2,1-3H3,(H,24,27). The van der Waals surface area contributed by atoms with Crippen LogP contribution < -0.4 is 5.32 Å². The Morgan fingerprint density at radius 3 is 2.36 bits per heavy atom. The molecule has 0 unspecified atom stereocenters. The minimum absolute atomic E-state index is 0.0132. The molecule has 28 heavy (non-hydrogen) atoms. The number of hydrogen-bond acceptors (Lipinski definition) is 3. The minimum atomic E-state index is -0.267. The molecule has 0 saturated heterocycles. The maximum atomic E-state index is 13.2. The second-order valence-electron chi connectivity index (χ2n) is 6.90. The van der Waals surface area contributed by atoms with Gasteiger partial charge in [0.2, 0.25) is 5.91 Å². The van der Waals surface area contributed by atoms with Gasteiger partial charge in [-0.3, -0.25) is 14.2 Å². The molecule has 0 atom stereocenters. The Labute approximate surface area is 172 Å². The van der Waals surface area contributed by atoms with E-state index in [4.69, 9.17) is 23.2 Å². The van der Waals surface area contributed by atoms with Crippen LogP contribution in [0.3, 0.4) is 0 Å². The number of nitrogens with zero attached hydrogens (tertiary/aromatic N) is 1. The van der Waals surface area contributed by atoms with Gasteiger partial charge in [-0.15, -0.1) is 0 Å². The number of fused-ring (bicyclic) bond motifs is 1. The number of aromatic nitrogens is 1. The van der Waals surface area contributed by atoms with E-state index in [0.717, 1.165) is 0 Å². The molecule has 7 heteroatoms. The van der Waals surface area contributed by atoms with Crippen molar-refractivity contribution in [2.45, 2.75) is 33.2 Å². The lowest BCUT2D eigenvalue weighted by Crippen LogP contribution is -2.31. The van der Waals surface area contributed by atoms with Crippen molar-refractivity contribution < 1.29 is 14.7 Å². The largest absolute Gasteiger partial charge is 0.506 e. The fourth-order valence-corrected chi connectivity index (χ4v) is 3.66. The van der Waals surface area contributed by atoms with Crippen LogP contribution in [0.2, 0.25) is 10.0 Å². The van der Waals surface area contributed by atoms with Crippen LogP contribution >= 0.6 is 23.2 Å². The molecule has 0 aliphatic carbocycles. The Bertz CT molecular complexity index is 1070. The van der Waals surface area contributed by atoms with E-state index < -0.39 is 0 Å². The van der Waals surface area contributed by atoms with Crippen LogP contribution in [0.1, 0.15) is 35.5 Å². The van der Waals surface area contributed by atoms with Crippen molar-refractivity contribution in [1.82, 2.24) is 9.88 Å². The number of nitrogens with one attached hydrogen (secondary N) is 1. The monoisotopic (exact) mass is 418 g/mol. The summed E-state index contributed by atoms with van der Waals surface area (Å²) in [5, 5.41) is 14.1. The number of benzene rings is 2. The lowest BCUT2D eigenvalue weighted by Gasteiger charge is -2.09. The highest BCUT2D eigenvalue weighted by Crippen LogP contribution is 2.38.